The van der Waals surface area contributed by atoms with E-state index in [9.17, 15) is 8.42 Å². The van der Waals surface area contributed by atoms with Crippen LogP contribution >= 0.6 is 0 Å². The molecule has 0 amide bonds. The zero-order chi connectivity index (χ0) is 13.9. The van der Waals surface area contributed by atoms with Gasteiger partial charge in [0.25, 0.3) is 0 Å². The molecule has 0 saturated carbocycles. The number of rotatable bonds is 6. The number of hydrogen-bond donors (Lipinski definition) is 2. The van der Waals surface area contributed by atoms with Crippen LogP contribution in [-0.2, 0) is 22.7 Å². The van der Waals surface area contributed by atoms with E-state index in [1.165, 1.54) is 17.4 Å². The van der Waals surface area contributed by atoms with Crippen molar-refractivity contribution in [3.63, 3.8) is 0 Å². The van der Waals surface area contributed by atoms with Gasteiger partial charge < -0.3 is 0 Å². The molecule has 0 bridgehead atoms. The van der Waals surface area contributed by atoms with E-state index in [1.54, 1.807) is 0 Å². The molecule has 2 rings (SSSR count). The summed E-state index contributed by atoms with van der Waals surface area (Å²) in [5.41, 5.74) is 5.67. The lowest BCUT2D eigenvalue weighted by Crippen LogP contribution is -2.41. The third-order valence-corrected chi connectivity index (χ3v) is 4.93. The number of hydrazine groups is 1. The first-order chi connectivity index (χ1) is 8.99. The molecule has 1 unspecified atom stereocenters. The lowest BCUT2D eigenvalue weighted by Gasteiger charge is -2.22. The molecular weight excluding hydrogens is 260 g/mol. The predicted octanol–water partition coefficient (Wildman–Crippen LogP) is 1.06. The number of sulfone groups is 1. The van der Waals surface area contributed by atoms with Gasteiger partial charge in [-0.2, -0.15) is 0 Å². The van der Waals surface area contributed by atoms with Crippen LogP contribution in [0.3, 0.4) is 0 Å². The molecule has 0 fully saturated rings. The van der Waals surface area contributed by atoms with Crippen LogP contribution in [-0.4, -0.2) is 26.5 Å². The van der Waals surface area contributed by atoms with E-state index in [4.69, 9.17) is 5.84 Å². The van der Waals surface area contributed by atoms with E-state index in [-0.39, 0.29) is 11.8 Å². The number of hydrogen-bond acceptors (Lipinski definition) is 4. The maximum atomic E-state index is 11.1. The van der Waals surface area contributed by atoms with Crippen molar-refractivity contribution in [2.45, 2.75) is 31.7 Å². The average Bonchev–Trinajstić information content (AvgIpc) is 2.76. The third kappa shape index (κ3) is 4.03. The summed E-state index contributed by atoms with van der Waals surface area (Å²) in [4.78, 5) is 0. The van der Waals surface area contributed by atoms with Crippen LogP contribution in [0.2, 0.25) is 0 Å². The Morgan fingerprint density at radius 2 is 1.89 bits per heavy atom. The van der Waals surface area contributed by atoms with Crippen molar-refractivity contribution in [2.24, 2.45) is 11.8 Å². The molecule has 1 aromatic carbocycles. The van der Waals surface area contributed by atoms with Crippen LogP contribution in [0, 0.1) is 5.92 Å². The highest BCUT2D eigenvalue weighted by Gasteiger charge is 2.27. The minimum absolute atomic E-state index is 0.189. The van der Waals surface area contributed by atoms with Gasteiger partial charge in [0, 0.05) is 18.1 Å². The highest BCUT2D eigenvalue weighted by Crippen LogP contribution is 2.29. The van der Waals surface area contributed by atoms with E-state index in [2.05, 4.69) is 29.7 Å². The van der Waals surface area contributed by atoms with Crippen molar-refractivity contribution < 1.29 is 8.42 Å². The number of fused-ring (bicyclic) bond motifs is 1. The Bertz CT molecular complexity index is 503. The Balaban J connectivity index is 1.90. The van der Waals surface area contributed by atoms with Gasteiger partial charge in [-0.15, -0.1) is 0 Å². The minimum Gasteiger partial charge on any atom is -0.271 e. The lowest BCUT2D eigenvalue weighted by molar-refractivity contribution is 0.347. The number of benzene rings is 1. The van der Waals surface area contributed by atoms with Crippen molar-refractivity contribution in [1.29, 1.82) is 0 Å². The van der Waals surface area contributed by atoms with Crippen molar-refractivity contribution in [2.75, 3.05) is 12.0 Å². The topological polar surface area (TPSA) is 72.2 Å². The molecule has 0 spiro atoms. The fraction of sp³-hybridized carbons (Fsp3) is 0.571. The van der Waals surface area contributed by atoms with Crippen LogP contribution in [0.5, 0.6) is 0 Å². The van der Waals surface area contributed by atoms with Gasteiger partial charge in [-0.25, -0.2) is 8.42 Å². The van der Waals surface area contributed by atoms with Gasteiger partial charge in [0.2, 0.25) is 0 Å². The zero-order valence-electron chi connectivity index (χ0n) is 11.3. The van der Waals surface area contributed by atoms with Gasteiger partial charge in [-0.3, -0.25) is 11.3 Å². The SMILES string of the molecule is CS(=O)(=O)CCCC(NN)C1Cc2ccccc2C1. The Morgan fingerprint density at radius 1 is 1.32 bits per heavy atom. The smallest absolute Gasteiger partial charge is 0.147 e. The highest BCUT2D eigenvalue weighted by molar-refractivity contribution is 7.90. The lowest BCUT2D eigenvalue weighted by atomic mass is 9.93. The van der Waals surface area contributed by atoms with Crippen molar-refractivity contribution in [3.8, 4) is 0 Å². The van der Waals surface area contributed by atoms with Crippen molar-refractivity contribution >= 4 is 9.84 Å². The Morgan fingerprint density at radius 3 is 2.37 bits per heavy atom. The van der Waals surface area contributed by atoms with E-state index >= 15 is 0 Å². The molecule has 5 heteroatoms. The number of nitrogens with one attached hydrogen (secondary N) is 1. The van der Waals surface area contributed by atoms with Crippen LogP contribution in [0.1, 0.15) is 24.0 Å². The summed E-state index contributed by atoms with van der Waals surface area (Å²) in [5.74, 6) is 6.35. The maximum Gasteiger partial charge on any atom is 0.147 e. The van der Waals surface area contributed by atoms with Gasteiger partial charge >= 0.3 is 0 Å². The van der Waals surface area contributed by atoms with E-state index < -0.39 is 9.84 Å². The summed E-state index contributed by atoms with van der Waals surface area (Å²) in [6.45, 7) is 0. The quantitative estimate of drug-likeness (QED) is 0.604. The minimum atomic E-state index is -2.87. The Kier molecular flexibility index (Phi) is 4.60. The van der Waals surface area contributed by atoms with Gasteiger partial charge in [0.05, 0.1) is 0 Å². The molecule has 3 N–H and O–H groups in total. The normalized spacial score (nSPS) is 17.4. The fourth-order valence-corrected chi connectivity index (χ4v) is 3.59. The summed E-state index contributed by atoms with van der Waals surface area (Å²) in [6.07, 6.45) is 4.82. The van der Waals surface area contributed by atoms with Gasteiger partial charge in [-0.05, 0) is 42.7 Å². The Labute approximate surface area is 115 Å². The maximum absolute atomic E-state index is 11.1. The van der Waals surface area contributed by atoms with Crippen LogP contribution in [0.4, 0.5) is 0 Å². The molecule has 0 saturated heterocycles. The largest absolute Gasteiger partial charge is 0.271 e. The molecule has 0 aliphatic heterocycles. The summed E-state index contributed by atoms with van der Waals surface area (Å²) in [5, 5.41) is 0. The monoisotopic (exact) mass is 282 g/mol. The zero-order valence-corrected chi connectivity index (χ0v) is 12.1. The molecule has 4 nitrogen and oxygen atoms in total. The first-order valence-electron chi connectivity index (χ1n) is 6.70. The fourth-order valence-electron chi connectivity index (χ4n) is 2.90. The summed E-state index contributed by atoms with van der Waals surface area (Å²) < 4.78 is 22.3. The summed E-state index contributed by atoms with van der Waals surface area (Å²) in [7, 11) is -2.87. The predicted molar refractivity (Wildman–Crippen MR) is 77.4 cm³/mol. The van der Waals surface area contributed by atoms with E-state index in [0.717, 1.165) is 19.3 Å². The summed E-state index contributed by atoms with van der Waals surface area (Å²) >= 11 is 0. The molecule has 1 aliphatic carbocycles. The first-order valence-corrected chi connectivity index (χ1v) is 8.76. The van der Waals surface area contributed by atoms with Gasteiger partial charge in [-0.1, -0.05) is 24.3 Å². The third-order valence-electron chi connectivity index (χ3n) is 3.90. The second-order valence-electron chi connectivity index (χ2n) is 5.48. The number of nitrogens with two attached hydrogens (primary N) is 1. The van der Waals surface area contributed by atoms with Gasteiger partial charge in [0.1, 0.15) is 9.84 Å². The summed E-state index contributed by atoms with van der Waals surface area (Å²) in [6, 6.07) is 8.65. The molecule has 1 atom stereocenters. The second-order valence-corrected chi connectivity index (χ2v) is 7.74. The Hall–Kier alpha value is -0.910. The molecule has 19 heavy (non-hydrogen) atoms. The van der Waals surface area contributed by atoms with Crippen molar-refractivity contribution in [1.82, 2.24) is 5.43 Å². The molecular formula is C14H22N2O2S. The average molecular weight is 282 g/mol. The van der Waals surface area contributed by atoms with E-state index in [1.807, 2.05) is 0 Å². The van der Waals surface area contributed by atoms with Crippen LogP contribution in [0.15, 0.2) is 24.3 Å². The second kappa shape index (κ2) is 6.03. The first kappa shape index (κ1) is 14.5. The molecule has 1 aromatic rings. The highest BCUT2D eigenvalue weighted by atomic mass is 32.2. The van der Waals surface area contributed by atoms with Crippen LogP contribution in [0.25, 0.3) is 0 Å². The van der Waals surface area contributed by atoms with E-state index in [0.29, 0.717) is 12.3 Å². The molecule has 1 aliphatic rings. The molecule has 0 aromatic heterocycles. The standard InChI is InChI=1S/C14H22N2O2S/c1-19(17,18)8-4-7-14(16-15)13-9-11-5-2-3-6-12(11)10-13/h2-3,5-6,13-14,16H,4,7-10,15H2,1H3. The molecule has 106 valence electrons. The van der Waals surface area contributed by atoms with Crippen LogP contribution < -0.4 is 11.3 Å². The van der Waals surface area contributed by atoms with Gasteiger partial charge in [0.15, 0.2) is 0 Å². The molecule has 0 heterocycles. The molecule has 0 radical (unpaired) electrons. The van der Waals surface area contributed by atoms with Crippen molar-refractivity contribution in [3.05, 3.63) is 35.4 Å².